The number of nitrogens with two attached hydrogens (primary N) is 1. The summed E-state index contributed by atoms with van der Waals surface area (Å²) in [5, 5.41) is 8.28. The lowest BCUT2D eigenvalue weighted by molar-refractivity contribution is -0.133. The van der Waals surface area contributed by atoms with Gasteiger partial charge in [-0.05, 0) is 38.3 Å². The molecule has 1 fully saturated rings. The Morgan fingerprint density at radius 3 is 2.83 bits per heavy atom. The van der Waals surface area contributed by atoms with Gasteiger partial charge < -0.3 is 10.5 Å². The quantitative estimate of drug-likeness (QED) is 0.834. The monoisotopic (exact) mass is 413 g/mol. The van der Waals surface area contributed by atoms with Crippen molar-refractivity contribution < 1.29 is 9.53 Å². The number of aromatic nitrogens is 2. The van der Waals surface area contributed by atoms with Gasteiger partial charge in [0.25, 0.3) is 0 Å². The molecule has 2 N–H and O–H groups in total. The Labute approximate surface area is 174 Å². The highest BCUT2D eigenvalue weighted by molar-refractivity contribution is 6.34. The van der Waals surface area contributed by atoms with E-state index in [-0.39, 0.29) is 30.4 Å². The minimum absolute atomic E-state index is 0.0178. The summed E-state index contributed by atoms with van der Waals surface area (Å²) >= 11 is 6.77. The summed E-state index contributed by atoms with van der Waals surface area (Å²) in [6.07, 6.45) is 5.09. The Hall–Kier alpha value is -2.51. The summed E-state index contributed by atoms with van der Waals surface area (Å²) in [5.74, 6) is 0.209. The number of carbonyl (C=O) groups excluding carboxylic acids is 1. The zero-order valence-corrected chi connectivity index (χ0v) is 17.3. The first-order valence-electron chi connectivity index (χ1n) is 9.74. The molecule has 0 unspecified atom stereocenters. The first-order chi connectivity index (χ1) is 13.9. The van der Waals surface area contributed by atoms with E-state index in [0.717, 1.165) is 29.5 Å². The highest BCUT2D eigenvalue weighted by atomic mass is 35.5. The molecule has 152 valence electrons. The molecule has 3 atom stereocenters. The average molecular weight is 414 g/mol. The minimum atomic E-state index is -0.831. The Kier molecular flexibility index (Phi) is 5.27. The molecule has 8 heteroatoms. The molecule has 0 saturated carbocycles. The maximum atomic E-state index is 13.1. The topological polar surface area (TPSA) is 93.7 Å². The van der Waals surface area contributed by atoms with E-state index in [1.807, 2.05) is 38.1 Å². The van der Waals surface area contributed by atoms with Crippen molar-refractivity contribution in [3.05, 3.63) is 47.2 Å². The third kappa shape index (κ3) is 3.72. The number of benzene rings is 1. The van der Waals surface area contributed by atoms with Crippen LogP contribution in [-0.2, 0) is 15.1 Å². The molecule has 0 bridgehead atoms. The van der Waals surface area contributed by atoms with Crippen molar-refractivity contribution in [2.45, 2.75) is 50.8 Å². The molecule has 29 heavy (non-hydrogen) atoms. The Morgan fingerprint density at radius 1 is 1.31 bits per heavy atom. The molecule has 0 aliphatic carbocycles. The van der Waals surface area contributed by atoms with Crippen LogP contribution in [0, 0.1) is 0 Å². The Balaban J connectivity index is 1.70. The fourth-order valence-electron chi connectivity index (χ4n) is 4.23. The largest absolute Gasteiger partial charge is 0.378 e. The van der Waals surface area contributed by atoms with Gasteiger partial charge in [0.05, 0.1) is 35.5 Å². The normalized spacial score (nSPS) is 27.6. The van der Waals surface area contributed by atoms with Crippen molar-refractivity contribution in [3.63, 3.8) is 0 Å². The molecule has 2 aliphatic heterocycles. The summed E-state index contributed by atoms with van der Waals surface area (Å²) < 4.78 is 5.60. The highest BCUT2D eigenvalue weighted by Crippen LogP contribution is 2.41. The van der Waals surface area contributed by atoms with Crippen LogP contribution in [-0.4, -0.2) is 45.7 Å². The van der Waals surface area contributed by atoms with Crippen LogP contribution in [0.1, 0.15) is 38.7 Å². The van der Waals surface area contributed by atoms with Crippen LogP contribution < -0.4 is 5.73 Å². The first kappa shape index (κ1) is 19.8. The average Bonchev–Trinajstić information content (AvgIpc) is 2.68. The van der Waals surface area contributed by atoms with E-state index < -0.39 is 5.54 Å². The zero-order chi connectivity index (χ0) is 20.6. The van der Waals surface area contributed by atoms with E-state index in [1.165, 1.54) is 0 Å². The molecule has 1 amide bonds. The van der Waals surface area contributed by atoms with Gasteiger partial charge in [-0.15, -0.1) is 0 Å². The zero-order valence-electron chi connectivity index (χ0n) is 16.5. The highest BCUT2D eigenvalue weighted by Gasteiger charge is 2.42. The molecule has 0 spiro atoms. The third-order valence-electron chi connectivity index (χ3n) is 5.67. The second kappa shape index (κ2) is 7.72. The number of halogens is 1. The molecule has 1 saturated heterocycles. The summed E-state index contributed by atoms with van der Waals surface area (Å²) in [6, 6.07) is 7.59. The van der Waals surface area contributed by atoms with Crippen LogP contribution in [0.5, 0.6) is 0 Å². The van der Waals surface area contributed by atoms with E-state index in [1.54, 1.807) is 17.3 Å². The van der Waals surface area contributed by atoms with Gasteiger partial charge in [0, 0.05) is 23.8 Å². The van der Waals surface area contributed by atoms with Gasteiger partial charge in [-0.3, -0.25) is 9.69 Å². The van der Waals surface area contributed by atoms with Crippen molar-refractivity contribution in [1.29, 1.82) is 0 Å². The van der Waals surface area contributed by atoms with Gasteiger partial charge in [-0.1, -0.05) is 29.8 Å². The fraction of sp³-hybridized carbons (Fsp3) is 0.429. The molecule has 4 rings (SSSR count). The number of ether oxygens (including phenoxy) is 1. The van der Waals surface area contributed by atoms with Crippen LogP contribution in [0.2, 0.25) is 5.02 Å². The van der Waals surface area contributed by atoms with Crippen molar-refractivity contribution in [3.8, 4) is 11.1 Å². The van der Waals surface area contributed by atoms with Crippen LogP contribution in [0.15, 0.2) is 41.7 Å². The number of guanidine groups is 1. The smallest absolute Gasteiger partial charge is 0.232 e. The molecule has 2 aliphatic rings. The van der Waals surface area contributed by atoms with Gasteiger partial charge in [-0.2, -0.15) is 10.2 Å². The predicted octanol–water partition coefficient (Wildman–Crippen LogP) is 3.13. The molecular weight excluding hydrogens is 390 g/mol. The molecule has 3 heterocycles. The second-order valence-electron chi connectivity index (χ2n) is 7.84. The third-order valence-corrected chi connectivity index (χ3v) is 6.08. The number of hydrogen-bond donors (Lipinski definition) is 1. The summed E-state index contributed by atoms with van der Waals surface area (Å²) in [6.45, 7) is 4.53. The van der Waals surface area contributed by atoms with Crippen LogP contribution in [0.25, 0.3) is 11.1 Å². The minimum Gasteiger partial charge on any atom is -0.378 e. The molecular formula is C21H24ClN5O2. The van der Waals surface area contributed by atoms with Gasteiger partial charge in [-0.25, -0.2) is 4.99 Å². The number of hydrogen-bond acceptors (Lipinski definition) is 6. The Morgan fingerprint density at radius 2 is 2.14 bits per heavy atom. The lowest BCUT2D eigenvalue weighted by Crippen LogP contribution is -2.56. The standard InChI is InChI=1S/C21H24ClN5O2/c1-13-10-15(7-9-29-13)27-18(28)11-21(2,26-20(27)23)17-5-3-4-16(19(17)22)14-6-8-24-25-12-14/h3-6,8,12-13,15H,7,9-11H2,1-2H3,(H2,23,26)/t13-,15-,21-/m0/s1. The number of aliphatic imine (C=N–C) groups is 1. The first-order valence-corrected chi connectivity index (χ1v) is 10.1. The second-order valence-corrected chi connectivity index (χ2v) is 8.22. The van der Waals surface area contributed by atoms with Crippen LogP contribution in [0.4, 0.5) is 0 Å². The van der Waals surface area contributed by atoms with E-state index in [0.29, 0.717) is 11.6 Å². The van der Waals surface area contributed by atoms with Gasteiger partial charge >= 0.3 is 0 Å². The lowest BCUT2D eigenvalue weighted by Gasteiger charge is -2.41. The lowest BCUT2D eigenvalue weighted by atomic mass is 9.85. The fourth-order valence-corrected chi connectivity index (χ4v) is 4.67. The van der Waals surface area contributed by atoms with Gasteiger partial charge in [0.15, 0.2) is 5.96 Å². The number of carbonyl (C=O) groups is 1. The molecule has 0 radical (unpaired) electrons. The predicted molar refractivity (Wildman–Crippen MR) is 111 cm³/mol. The van der Waals surface area contributed by atoms with Crippen molar-refractivity contribution >= 4 is 23.5 Å². The van der Waals surface area contributed by atoms with E-state index in [2.05, 4.69) is 10.2 Å². The summed E-state index contributed by atoms with van der Waals surface area (Å²) in [4.78, 5) is 19.5. The van der Waals surface area contributed by atoms with E-state index in [9.17, 15) is 4.79 Å². The van der Waals surface area contributed by atoms with Crippen molar-refractivity contribution in [1.82, 2.24) is 15.1 Å². The molecule has 2 aromatic rings. The van der Waals surface area contributed by atoms with Crippen molar-refractivity contribution in [2.75, 3.05) is 6.61 Å². The number of nitrogens with zero attached hydrogens (tertiary/aromatic N) is 4. The number of rotatable bonds is 3. The maximum Gasteiger partial charge on any atom is 0.232 e. The summed E-state index contributed by atoms with van der Waals surface area (Å²) in [7, 11) is 0. The molecule has 1 aromatic carbocycles. The van der Waals surface area contributed by atoms with Crippen LogP contribution >= 0.6 is 11.6 Å². The van der Waals surface area contributed by atoms with Crippen molar-refractivity contribution in [2.24, 2.45) is 10.7 Å². The Bertz CT molecular complexity index is 951. The van der Waals surface area contributed by atoms with Gasteiger partial charge in [0.2, 0.25) is 5.91 Å². The van der Waals surface area contributed by atoms with E-state index in [4.69, 9.17) is 27.1 Å². The van der Waals surface area contributed by atoms with Gasteiger partial charge in [0.1, 0.15) is 0 Å². The van der Waals surface area contributed by atoms with Crippen LogP contribution in [0.3, 0.4) is 0 Å². The molecule has 7 nitrogen and oxygen atoms in total. The SMILES string of the molecule is C[C@H]1C[C@@H](N2C(=O)C[C@@](C)(c3cccc(-c4ccnnc4)c3Cl)N=C2N)CCO1. The number of amides is 1. The van der Waals surface area contributed by atoms with E-state index >= 15 is 0 Å². The molecule has 1 aromatic heterocycles. The maximum absolute atomic E-state index is 13.1. The summed E-state index contributed by atoms with van der Waals surface area (Å²) in [5.41, 5.74) is 7.92.